The molecule has 0 aliphatic carbocycles. The molecule has 3 rings (SSSR count). The molecule has 36 heavy (non-hydrogen) atoms. The van der Waals surface area contributed by atoms with Gasteiger partial charge in [0.2, 0.25) is 0 Å². The highest BCUT2D eigenvalue weighted by atomic mass is 16.5. The summed E-state index contributed by atoms with van der Waals surface area (Å²) in [5.74, 6) is -1.73. The normalized spacial score (nSPS) is 10.2. The topological polar surface area (TPSA) is 120 Å². The summed E-state index contributed by atoms with van der Waals surface area (Å²) >= 11 is 0. The molecule has 0 unspecified atom stereocenters. The van der Waals surface area contributed by atoms with Crippen molar-refractivity contribution in [2.24, 2.45) is 0 Å². The van der Waals surface area contributed by atoms with Crippen molar-refractivity contribution in [3.8, 4) is 11.5 Å². The van der Waals surface area contributed by atoms with Crippen molar-refractivity contribution in [2.45, 2.75) is 13.8 Å². The summed E-state index contributed by atoms with van der Waals surface area (Å²) in [5, 5.41) is 5.09. The monoisotopic (exact) mass is 490 g/mol. The molecule has 0 heterocycles. The van der Waals surface area contributed by atoms with Crippen LogP contribution in [0, 0.1) is 6.92 Å². The maximum atomic E-state index is 13.1. The van der Waals surface area contributed by atoms with E-state index in [0.717, 1.165) is 24.8 Å². The Labute approximate surface area is 208 Å². The quantitative estimate of drug-likeness (QED) is 0.450. The predicted molar refractivity (Wildman–Crippen MR) is 133 cm³/mol. The molecule has 3 aromatic rings. The number of esters is 2. The second-order valence-electron chi connectivity index (χ2n) is 7.63. The van der Waals surface area contributed by atoms with Crippen molar-refractivity contribution in [3.05, 3.63) is 88.5 Å². The molecule has 0 aliphatic rings. The van der Waals surface area contributed by atoms with E-state index in [2.05, 4.69) is 10.6 Å². The number of hydrogen-bond donors (Lipinski definition) is 2. The smallest absolute Gasteiger partial charge is 0.338 e. The highest BCUT2D eigenvalue weighted by molar-refractivity contribution is 6.15. The van der Waals surface area contributed by atoms with Crippen LogP contribution < -0.4 is 15.4 Å². The molecule has 0 bridgehead atoms. The third-order valence-corrected chi connectivity index (χ3v) is 5.14. The third kappa shape index (κ3) is 6.06. The van der Waals surface area contributed by atoms with Gasteiger partial charge in [-0.1, -0.05) is 17.7 Å². The minimum Gasteiger partial charge on any atom is -0.465 e. The Balaban J connectivity index is 1.91. The molecular weight excluding hydrogens is 464 g/mol. The number of hydrogen-bond acceptors (Lipinski definition) is 7. The maximum Gasteiger partial charge on any atom is 0.338 e. The summed E-state index contributed by atoms with van der Waals surface area (Å²) in [4.78, 5) is 50.5. The van der Waals surface area contributed by atoms with Gasteiger partial charge in [0.05, 0.1) is 36.0 Å². The van der Waals surface area contributed by atoms with Crippen LogP contribution in [-0.2, 0) is 9.47 Å². The molecule has 0 fully saturated rings. The number of carbonyl (C=O) groups excluding carboxylic acids is 4. The highest BCUT2D eigenvalue weighted by Gasteiger charge is 2.26. The lowest BCUT2D eigenvalue weighted by Gasteiger charge is -2.14. The molecule has 0 saturated carbocycles. The number of ether oxygens (including phenoxy) is 3. The van der Waals surface area contributed by atoms with E-state index in [0.29, 0.717) is 17.2 Å². The Hall–Kier alpha value is -4.66. The molecule has 9 nitrogen and oxygen atoms in total. The average molecular weight is 491 g/mol. The summed E-state index contributed by atoms with van der Waals surface area (Å²) in [6.07, 6.45) is 0. The van der Waals surface area contributed by atoms with Gasteiger partial charge in [0.1, 0.15) is 11.5 Å². The predicted octanol–water partition coefficient (Wildman–Crippen LogP) is 4.36. The summed E-state index contributed by atoms with van der Waals surface area (Å²) < 4.78 is 15.6. The van der Waals surface area contributed by atoms with Crippen LogP contribution in [0.3, 0.4) is 0 Å². The van der Waals surface area contributed by atoms with Crippen molar-refractivity contribution in [3.63, 3.8) is 0 Å². The molecule has 0 aromatic heterocycles. The number of methoxy groups -OCH3 is 1. The first kappa shape index (κ1) is 26.0. The second-order valence-corrected chi connectivity index (χ2v) is 7.63. The molecule has 0 atom stereocenters. The molecule has 0 radical (unpaired) electrons. The standard InChI is InChI=1S/C27H26N2O7/c1-5-35-27(33)23-15-21(22(26(32)34-4)14-20(23)24(30)28-3)25(31)29-17-8-12-19(13-9-17)36-18-10-6-16(2)7-11-18/h6-15H,5H2,1-4H3,(H,28,30)(H,29,31). The number of amides is 2. The molecule has 0 spiro atoms. The van der Waals surface area contributed by atoms with Gasteiger partial charge in [0, 0.05) is 12.7 Å². The number of carbonyl (C=O) groups is 4. The Kier molecular flexibility index (Phi) is 8.40. The zero-order valence-corrected chi connectivity index (χ0v) is 20.3. The third-order valence-electron chi connectivity index (χ3n) is 5.14. The molecule has 186 valence electrons. The van der Waals surface area contributed by atoms with Crippen LogP contribution in [0.1, 0.15) is 53.9 Å². The number of nitrogens with one attached hydrogen (secondary N) is 2. The fraction of sp³-hybridized carbons (Fsp3) is 0.185. The Morgan fingerprint density at radius 3 is 1.81 bits per heavy atom. The van der Waals surface area contributed by atoms with E-state index < -0.39 is 23.8 Å². The van der Waals surface area contributed by atoms with E-state index in [1.54, 1.807) is 31.2 Å². The number of aryl methyl sites for hydroxylation is 1. The van der Waals surface area contributed by atoms with Gasteiger partial charge in [-0.2, -0.15) is 0 Å². The van der Waals surface area contributed by atoms with Crippen molar-refractivity contribution in [2.75, 3.05) is 26.1 Å². The molecule has 9 heteroatoms. The van der Waals surface area contributed by atoms with Gasteiger partial charge >= 0.3 is 11.9 Å². The summed E-state index contributed by atoms with van der Waals surface area (Å²) in [6.45, 7) is 3.65. The van der Waals surface area contributed by atoms with E-state index >= 15 is 0 Å². The first-order valence-corrected chi connectivity index (χ1v) is 11.1. The molecule has 2 amide bonds. The van der Waals surface area contributed by atoms with Crippen molar-refractivity contribution in [1.29, 1.82) is 0 Å². The van der Waals surface area contributed by atoms with Crippen molar-refractivity contribution >= 4 is 29.4 Å². The number of benzene rings is 3. The van der Waals surface area contributed by atoms with E-state index in [1.165, 1.54) is 7.05 Å². The van der Waals surface area contributed by atoms with E-state index in [4.69, 9.17) is 14.2 Å². The first-order chi connectivity index (χ1) is 17.3. The fourth-order valence-electron chi connectivity index (χ4n) is 3.31. The first-order valence-electron chi connectivity index (χ1n) is 11.1. The van der Waals surface area contributed by atoms with Crippen LogP contribution in [0.5, 0.6) is 11.5 Å². The van der Waals surface area contributed by atoms with Gasteiger partial charge in [-0.25, -0.2) is 9.59 Å². The fourth-order valence-corrected chi connectivity index (χ4v) is 3.31. The van der Waals surface area contributed by atoms with Crippen LogP contribution in [0.25, 0.3) is 0 Å². The number of rotatable bonds is 8. The van der Waals surface area contributed by atoms with Crippen LogP contribution in [-0.4, -0.2) is 44.5 Å². The van der Waals surface area contributed by atoms with Gasteiger partial charge in [0.25, 0.3) is 11.8 Å². The highest BCUT2D eigenvalue weighted by Crippen LogP contribution is 2.25. The molecule has 0 aliphatic heterocycles. The van der Waals surface area contributed by atoms with Crippen LogP contribution in [0.15, 0.2) is 60.7 Å². The lowest BCUT2D eigenvalue weighted by Crippen LogP contribution is -2.25. The zero-order valence-electron chi connectivity index (χ0n) is 20.3. The van der Waals surface area contributed by atoms with Crippen LogP contribution in [0.2, 0.25) is 0 Å². The molecule has 0 saturated heterocycles. The average Bonchev–Trinajstić information content (AvgIpc) is 2.89. The lowest BCUT2D eigenvalue weighted by atomic mass is 9.96. The Morgan fingerprint density at radius 2 is 1.28 bits per heavy atom. The van der Waals surface area contributed by atoms with Crippen LogP contribution in [0.4, 0.5) is 5.69 Å². The Morgan fingerprint density at radius 1 is 0.750 bits per heavy atom. The number of anilines is 1. The maximum absolute atomic E-state index is 13.1. The summed E-state index contributed by atoms with van der Waals surface area (Å²) in [6, 6.07) is 16.5. The molecule has 3 aromatic carbocycles. The van der Waals surface area contributed by atoms with Gasteiger partial charge in [-0.3, -0.25) is 9.59 Å². The van der Waals surface area contributed by atoms with Crippen molar-refractivity contribution in [1.82, 2.24) is 5.32 Å². The molecule has 2 N–H and O–H groups in total. The second kappa shape index (κ2) is 11.7. The van der Waals surface area contributed by atoms with Crippen LogP contribution >= 0.6 is 0 Å². The summed E-state index contributed by atoms with van der Waals surface area (Å²) in [7, 11) is 2.53. The summed E-state index contributed by atoms with van der Waals surface area (Å²) in [5.41, 5.74) is 0.918. The lowest BCUT2D eigenvalue weighted by molar-refractivity contribution is 0.0520. The van der Waals surface area contributed by atoms with E-state index in [-0.39, 0.29) is 28.9 Å². The largest absolute Gasteiger partial charge is 0.465 e. The van der Waals surface area contributed by atoms with Gasteiger partial charge in [0.15, 0.2) is 0 Å². The zero-order chi connectivity index (χ0) is 26.2. The van der Waals surface area contributed by atoms with Gasteiger partial charge < -0.3 is 24.8 Å². The minimum atomic E-state index is -0.845. The molecular formula is C27H26N2O7. The van der Waals surface area contributed by atoms with Gasteiger partial charge in [-0.15, -0.1) is 0 Å². The van der Waals surface area contributed by atoms with Gasteiger partial charge in [-0.05, 0) is 62.4 Å². The van der Waals surface area contributed by atoms with E-state index in [9.17, 15) is 19.2 Å². The minimum absolute atomic E-state index is 0.0588. The SMILES string of the molecule is CCOC(=O)c1cc(C(=O)Nc2ccc(Oc3ccc(C)cc3)cc2)c(C(=O)OC)cc1C(=O)NC. The Bertz CT molecular complexity index is 1280. The van der Waals surface area contributed by atoms with E-state index in [1.807, 2.05) is 31.2 Å². The van der Waals surface area contributed by atoms with Crippen molar-refractivity contribution < 1.29 is 33.4 Å².